The van der Waals surface area contributed by atoms with Crippen molar-refractivity contribution in [3.63, 3.8) is 0 Å². The molecular weight excluding hydrogens is 126 g/mol. The van der Waals surface area contributed by atoms with E-state index in [4.69, 9.17) is 10.5 Å². The van der Waals surface area contributed by atoms with Gasteiger partial charge in [-0.1, -0.05) is 0 Å². The van der Waals surface area contributed by atoms with Crippen molar-refractivity contribution in [2.24, 2.45) is 5.73 Å². The van der Waals surface area contributed by atoms with Crippen molar-refractivity contribution in [3.05, 3.63) is 0 Å². The van der Waals surface area contributed by atoms with E-state index < -0.39 is 0 Å². The molecule has 1 saturated carbocycles. The van der Waals surface area contributed by atoms with Gasteiger partial charge in [-0.15, -0.1) is 0 Å². The van der Waals surface area contributed by atoms with Gasteiger partial charge in [-0.3, -0.25) is 0 Å². The minimum Gasteiger partial charge on any atom is -0.373 e. The smallest absolute Gasteiger partial charge is 0.0684 e. The first-order chi connectivity index (χ1) is 4.81. The van der Waals surface area contributed by atoms with Gasteiger partial charge in [0.15, 0.2) is 0 Å². The molecule has 1 spiro atoms. The average molecular weight is 141 g/mol. The second-order valence-corrected chi connectivity index (χ2v) is 3.65. The van der Waals surface area contributed by atoms with E-state index in [2.05, 4.69) is 0 Å². The molecular formula is C8H15NO. The van der Waals surface area contributed by atoms with Crippen LogP contribution in [0, 0.1) is 0 Å². The zero-order valence-corrected chi connectivity index (χ0v) is 6.31. The molecule has 0 radical (unpaired) electrons. The third-order valence-corrected chi connectivity index (χ3v) is 2.84. The molecule has 0 bridgehead atoms. The number of rotatable bonds is 0. The molecule has 58 valence electrons. The zero-order valence-electron chi connectivity index (χ0n) is 6.31. The van der Waals surface area contributed by atoms with Gasteiger partial charge < -0.3 is 10.5 Å². The van der Waals surface area contributed by atoms with Crippen molar-refractivity contribution in [2.75, 3.05) is 6.61 Å². The van der Waals surface area contributed by atoms with Crippen LogP contribution in [0.25, 0.3) is 0 Å². The summed E-state index contributed by atoms with van der Waals surface area (Å²) in [5.74, 6) is 0. The van der Waals surface area contributed by atoms with Gasteiger partial charge in [-0.05, 0) is 32.1 Å². The van der Waals surface area contributed by atoms with Gasteiger partial charge in [0.25, 0.3) is 0 Å². The van der Waals surface area contributed by atoms with Crippen LogP contribution < -0.4 is 5.73 Å². The molecule has 10 heavy (non-hydrogen) atoms. The lowest BCUT2D eigenvalue weighted by molar-refractivity contribution is -0.132. The van der Waals surface area contributed by atoms with E-state index in [1.54, 1.807) is 0 Å². The number of ether oxygens (including phenoxy) is 1. The first-order valence-corrected chi connectivity index (χ1v) is 4.20. The molecule has 1 aliphatic carbocycles. The third kappa shape index (κ3) is 0.956. The second kappa shape index (κ2) is 2.21. The van der Waals surface area contributed by atoms with Crippen LogP contribution in [0.15, 0.2) is 0 Å². The van der Waals surface area contributed by atoms with Crippen LogP contribution in [0.4, 0.5) is 0 Å². The molecule has 1 saturated heterocycles. The fourth-order valence-corrected chi connectivity index (χ4v) is 1.85. The first kappa shape index (κ1) is 6.62. The van der Waals surface area contributed by atoms with E-state index in [-0.39, 0.29) is 0 Å². The van der Waals surface area contributed by atoms with Crippen molar-refractivity contribution in [1.82, 2.24) is 0 Å². The van der Waals surface area contributed by atoms with Crippen LogP contribution in [-0.4, -0.2) is 18.2 Å². The second-order valence-electron chi connectivity index (χ2n) is 3.65. The van der Waals surface area contributed by atoms with Crippen molar-refractivity contribution < 1.29 is 4.74 Å². The van der Waals surface area contributed by atoms with Crippen molar-refractivity contribution in [2.45, 2.75) is 43.7 Å². The molecule has 1 atom stereocenters. The third-order valence-electron chi connectivity index (χ3n) is 2.84. The predicted octanol–water partition coefficient (Wildman–Crippen LogP) is 1.05. The summed E-state index contributed by atoms with van der Waals surface area (Å²) in [7, 11) is 0. The van der Waals surface area contributed by atoms with E-state index in [0.717, 1.165) is 6.61 Å². The SMILES string of the molecule is NC1CCC2(CCC2)OC1. The van der Waals surface area contributed by atoms with Crippen molar-refractivity contribution in [1.29, 1.82) is 0 Å². The maximum atomic E-state index is 5.71. The van der Waals surface area contributed by atoms with Crippen LogP contribution in [-0.2, 0) is 4.74 Å². The highest BCUT2D eigenvalue weighted by Gasteiger charge is 2.40. The van der Waals surface area contributed by atoms with Gasteiger partial charge in [-0.2, -0.15) is 0 Å². The Labute approximate surface area is 61.7 Å². The molecule has 2 nitrogen and oxygen atoms in total. The van der Waals surface area contributed by atoms with Crippen LogP contribution in [0.1, 0.15) is 32.1 Å². The largest absolute Gasteiger partial charge is 0.373 e. The lowest BCUT2D eigenvalue weighted by atomic mass is 9.75. The summed E-state index contributed by atoms with van der Waals surface area (Å²) in [6, 6.07) is 0.311. The van der Waals surface area contributed by atoms with Gasteiger partial charge in [-0.25, -0.2) is 0 Å². The minimum atomic E-state index is 0.301. The van der Waals surface area contributed by atoms with Gasteiger partial charge >= 0.3 is 0 Å². The Hall–Kier alpha value is -0.0800. The van der Waals surface area contributed by atoms with E-state index in [1.165, 1.54) is 32.1 Å². The van der Waals surface area contributed by atoms with Gasteiger partial charge in [0.1, 0.15) is 0 Å². The highest BCUT2D eigenvalue weighted by molar-refractivity contribution is 4.93. The van der Waals surface area contributed by atoms with Crippen molar-refractivity contribution >= 4 is 0 Å². The summed E-state index contributed by atoms with van der Waals surface area (Å²) < 4.78 is 5.69. The Morgan fingerprint density at radius 2 is 2.10 bits per heavy atom. The summed E-state index contributed by atoms with van der Waals surface area (Å²) in [4.78, 5) is 0. The predicted molar refractivity (Wildman–Crippen MR) is 39.7 cm³/mol. The van der Waals surface area contributed by atoms with Crippen molar-refractivity contribution in [3.8, 4) is 0 Å². The highest BCUT2D eigenvalue weighted by atomic mass is 16.5. The average Bonchev–Trinajstić information content (AvgIpc) is 1.86. The molecule has 0 aromatic carbocycles. The van der Waals surface area contributed by atoms with Crippen LogP contribution in [0.2, 0.25) is 0 Å². The van der Waals surface area contributed by atoms with Crippen LogP contribution in [0.5, 0.6) is 0 Å². The number of hydrogen-bond donors (Lipinski definition) is 1. The van der Waals surface area contributed by atoms with Crippen LogP contribution in [0.3, 0.4) is 0 Å². The molecule has 1 unspecified atom stereocenters. The quantitative estimate of drug-likeness (QED) is 0.547. The van der Waals surface area contributed by atoms with E-state index in [1.807, 2.05) is 0 Å². The fourth-order valence-electron chi connectivity index (χ4n) is 1.85. The van der Waals surface area contributed by atoms with E-state index >= 15 is 0 Å². The summed E-state index contributed by atoms with van der Waals surface area (Å²) >= 11 is 0. The number of nitrogens with two attached hydrogens (primary N) is 1. The Bertz CT molecular complexity index is 121. The van der Waals surface area contributed by atoms with Crippen LogP contribution >= 0.6 is 0 Å². The summed E-state index contributed by atoms with van der Waals surface area (Å²) in [5, 5.41) is 0. The molecule has 1 heterocycles. The maximum Gasteiger partial charge on any atom is 0.0684 e. The molecule has 0 aromatic rings. The van der Waals surface area contributed by atoms with E-state index in [0.29, 0.717) is 11.6 Å². The molecule has 2 fully saturated rings. The van der Waals surface area contributed by atoms with Gasteiger partial charge in [0.05, 0.1) is 12.2 Å². The molecule has 0 amide bonds. The number of hydrogen-bond acceptors (Lipinski definition) is 2. The summed E-state index contributed by atoms with van der Waals surface area (Å²) in [6.07, 6.45) is 6.28. The maximum absolute atomic E-state index is 5.71. The lowest BCUT2D eigenvalue weighted by Gasteiger charge is -2.45. The Morgan fingerprint density at radius 1 is 1.30 bits per heavy atom. The lowest BCUT2D eigenvalue weighted by Crippen LogP contribution is -2.48. The standard InChI is InChI=1S/C8H15NO/c9-7-2-5-8(10-6-7)3-1-4-8/h7H,1-6,9H2. The zero-order chi connectivity index (χ0) is 7.03. The molecule has 2 heteroatoms. The molecule has 2 N–H and O–H groups in total. The molecule has 0 aromatic heterocycles. The minimum absolute atomic E-state index is 0.301. The summed E-state index contributed by atoms with van der Waals surface area (Å²) in [5.41, 5.74) is 6.01. The molecule has 1 aliphatic heterocycles. The first-order valence-electron chi connectivity index (χ1n) is 4.20. The normalized spacial score (nSPS) is 37.5. The monoisotopic (exact) mass is 141 g/mol. The Balaban J connectivity index is 1.90. The summed E-state index contributed by atoms with van der Waals surface area (Å²) in [6.45, 7) is 0.792. The van der Waals surface area contributed by atoms with Gasteiger partial charge in [0, 0.05) is 6.04 Å². The van der Waals surface area contributed by atoms with E-state index in [9.17, 15) is 0 Å². The molecule has 2 aliphatic rings. The highest BCUT2D eigenvalue weighted by Crippen LogP contribution is 2.41. The van der Waals surface area contributed by atoms with Gasteiger partial charge in [0.2, 0.25) is 0 Å². The molecule has 2 rings (SSSR count). The Morgan fingerprint density at radius 3 is 2.50 bits per heavy atom. The topological polar surface area (TPSA) is 35.2 Å². The fraction of sp³-hybridized carbons (Fsp3) is 1.00. The Kier molecular flexibility index (Phi) is 1.46.